The van der Waals surface area contributed by atoms with Gasteiger partial charge in [-0.3, -0.25) is 0 Å². The van der Waals surface area contributed by atoms with Crippen LogP contribution in [0.5, 0.6) is 0 Å². The quantitative estimate of drug-likeness (QED) is 0.837. The minimum atomic E-state index is -0.319. The van der Waals surface area contributed by atoms with E-state index >= 15 is 0 Å². The number of hydrogen-bond acceptors (Lipinski definition) is 2. The van der Waals surface area contributed by atoms with Crippen LogP contribution in [0.15, 0.2) is 48.5 Å². The third-order valence-corrected chi connectivity index (χ3v) is 3.20. The van der Waals surface area contributed by atoms with Gasteiger partial charge in [-0.1, -0.05) is 37.3 Å². The summed E-state index contributed by atoms with van der Waals surface area (Å²) >= 11 is 0. The molecule has 2 rings (SSSR count). The van der Waals surface area contributed by atoms with Crippen LogP contribution < -0.4 is 5.32 Å². The van der Waals surface area contributed by atoms with E-state index in [0.29, 0.717) is 12.1 Å². The van der Waals surface area contributed by atoms with E-state index in [9.17, 15) is 8.78 Å². The summed E-state index contributed by atoms with van der Waals surface area (Å²) in [4.78, 5) is 0. The molecule has 2 aromatic rings. The largest absolute Gasteiger partial charge is 0.367 e. The molecule has 0 spiro atoms. The Bertz CT molecular complexity index is 574. The molecule has 0 saturated heterocycles. The number of halogens is 2. The number of benzene rings is 2. The fraction of sp³-hybridized carbons (Fsp3) is 0.294. The van der Waals surface area contributed by atoms with Crippen molar-refractivity contribution < 1.29 is 13.5 Å². The molecule has 0 aliphatic rings. The van der Waals surface area contributed by atoms with Crippen LogP contribution in [-0.2, 0) is 11.3 Å². The van der Waals surface area contributed by atoms with Crippen molar-refractivity contribution in [2.75, 3.05) is 13.1 Å². The summed E-state index contributed by atoms with van der Waals surface area (Å²) in [5.41, 5.74) is 1.24. The second-order valence-corrected chi connectivity index (χ2v) is 4.75. The molecular formula is C17H19F2NO. The standard InChI is InChI=1S/C17H19F2NO/c1-2-20-11-17(13-7-5-8-15(18)10-13)21-12-14-6-3-4-9-16(14)19/h3-10,17,20H,2,11-12H2,1H3. The highest BCUT2D eigenvalue weighted by atomic mass is 19.1. The van der Waals surface area contributed by atoms with Crippen molar-refractivity contribution in [1.82, 2.24) is 5.32 Å². The first-order chi connectivity index (χ1) is 10.2. The Morgan fingerprint density at radius 3 is 2.62 bits per heavy atom. The average Bonchev–Trinajstić information content (AvgIpc) is 2.49. The molecule has 0 heterocycles. The predicted molar refractivity (Wildman–Crippen MR) is 78.9 cm³/mol. The molecule has 0 aliphatic heterocycles. The Labute approximate surface area is 123 Å². The lowest BCUT2D eigenvalue weighted by Gasteiger charge is -2.19. The van der Waals surface area contributed by atoms with Gasteiger partial charge in [0.05, 0.1) is 12.7 Å². The predicted octanol–water partition coefficient (Wildman–Crippen LogP) is 3.83. The zero-order valence-electron chi connectivity index (χ0n) is 12.0. The lowest BCUT2D eigenvalue weighted by molar-refractivity contribution is 0.0384. The van der Waals surface area contributed by atoms with Crippen molar-refractivity contribution in [1.29, 1.82) is 0 Å². The smallest absolute Gasteiger partial charge is 0.128 e. The van der Waals surface area contributed by atoms with Gasteiger partial charge in [-0.25, -0.2) is 8.78 Å². The Morgan fingerprint density at radius 2 is 1.90 bits per heavy atom. The summed E-state index contributed by atoms with van der Waals surface area (Å²) in [6, 6.07) is 12.8. The third-order valence-electron chi connectivity index (χ3n) is 3.20. The zero-order chi connectivity index (χ0) is 15.1. The maximum Gasteiger partial charge on any atom is 0.128 e. The van der Waals surface area contributed by atoms with E-state index in [1.807, 2.05) is 13.0 Å². The van der Waals surface area contributed by atoms with Crippen LogP contribution in [0.3, 0.4) is 0 Å². The number of hydrogen-bond donors (Lipinski definition) is 1. The molecule has 0 saturated carbocycles. The van der Waals surface area contributed by atoms with Crippen LogP contribution in [-0.4, -0.2) is 13.1 Å². The summed E-state index contributed by atoms with van der Waals surface area (Å²) in [5, 5.41) is 3.18. The highest BCUT2D eigenvalue weighted by Crippen LogP contribution is 2.20. The van der Waals surface area contributed by atoms with E-state index in [4.69, 9.17) is 4.74 Å². The van der Waals surface area contributed by atoms with Gasteiger partial charge in [0.15, 0.2) is 0 Å². The second kappa shape index (κ2) is 7.86. The molecule has 0 bridgehead atoms. The summed E-state index contributed by atoms with van der Waals surface area (Å²) in [7, 11) is 0. The molecule has 2 aromatic carbocycles. The molecule has 0 aliphatic carbocycles. The Kier molecular flexibility index (Phi) is 5.84. The van der Waals surface area contributed by atoms with Crippen LogP contribution in [0.4, 0.5) is 8.78 Å². The number of nitrogens with one attached hydrogen (secondary N) is 1. The van der Waals surface area contributed by atoms with Gasteiger partial charge in [-0.05, 0) is 30.3 Å². The van der Waals surface area contributed by atoms with Crippen LogP contribution in [0, 0.1) is 11.6 Å². The maximum absolute atomic E-state index is 13.6. The minimum absolute atomic E-state index is 0.152. The molecule has 0 aromatic heterocycles. The lowest BCUT2D eigenvalue weighted by Crippen LogP contribution is -2.23. The summed E-state index contributed by atoms with van der Waals surface area (Å²) in [5.74, 6) is -0.595. The van der Waals surface area contributed by atoms with Gasteiger partial charge in [0.1, 0.15) is 11.6 Å². The molecule has 2 nitrogen and oxygen atoms in total. The van der Waals surface area contributed by atoms with Crippen LogP contribution in [0.25, 0.3) is 0 Å². The van der Waals surface area contributed by atoms with Gasteiger partial charge in [0.25, 0.3) is 0 Å². The first-order valence-electron chi connectivity index (χ1n) is 7.02. The molecule has 1 atom stereocenters. The molecule has 0 fully saturated rings. The van der Waals surface area contributed by atoms with E-state index in [1.165, 1.54) is 18.2 Å². The Hall–Kier alpha value is -1.78. The Balaban J connectivity index is 2.08. The Morgan fingerprint density at radius 1 is 1.10 bits per heavy atom. The van der Waals surface area contributed by atoms with Gasteiger partial charge in [0, 0.05) is 12.1 Å². The number of rotatable bonds is 7. The van der Waals surface area contributed by atoms with Crippen molar-refractivity contribution in [3.63, 3.8) is 0 Å². The van der Waals surface area contributed by atoms with Gasteiger partial charge in [0.2, 0.25) is 0 Å². The monoisotopic (exact) mass is 291 g/mol. The van der Waals surface area contributed by atoms with E-state index < -0.39 is 0 Å². The summed E-state index contributed by atoms with van der Waals surface area (Å²) in [6.45, 7) is 3.47. The van der Waals surface area contributed by atoms with E-state index in [2.05, 4.69) is 5.32 Å². The van der Waals surface area contributed by atoms with E-state index in [-0.39, 0.29) is 24.3 Å². The lowest BCUT2D eigenvalue weighted by atomic mass is 10.1. The molecule has 1 N–H and O–H groups in total. The fourth-order valence-electron chi connectivity index (χ4n) is 2.06. The summed E-state index contributed by atoms with van der Waals surface area (Å²) in [6.07, 6.45) is -0.319. The van der Waals surface area contributed by atoms with Gasteiger partial charge in [-0.15, -0.1) is 0 Å². The minimum Gasteiger partial charge on any atom is -0.367 e. The van der Waals surface area contributed by atoms with E-state index in [0.717, 1.165) is 12.1 Å². The fourth-order valence-corrected chi connectivity index (χ4v) is 2.06. The van der Waals surface area contributed by atoms with Crippen molar-refractivity contribution in [2.24, 2.45) is 0 Å². The molecule has 0 radical (unpaired) electrons. The van der Waals surface area contributed by atoms with Crippen LogP contribution in [0.1, 0.15) is 24.2 Å². The molecule has 21 heavy (non-hydrogen) atoms. The molecule has 1 unspecified atom stereocenters. The number of ether oxygens (including phenoxy) is 1. The topological polar surface area (TPSA) is 21.3 Å². The number of likely N-dealkylation sites (N-methyl/N-ethyl adjacent to an activating group) is 1. The molecule has 112 valence electrons. The van der Waals surface area contributed by atoms with Gasteiger partial charge < -0.3 is 10.1 Å². The summed E-state index contributed by atoms with van der Waals surface area (Å²) < 4.78 is 32.7. The van der Waals surface area contributed by atoms with Crippen molar-refractivity contribution in [3.05, 3.63) is 71.3 Å². The first kappa shape index (κ1) is 15.6. The van der Waals surface area contributed by atoms with E-state index in [1.54, 1.807) is 24.3 Å². The molecule has 4 heteroatoms. The average molecular weight is 291 g/mol. The van der Waals surface area contributed by atoms with Gasteiger partial charge in [-0.2, -0.15) is 0 Å². The SMILES string of the molecule is CCNCC(OCc1ccccc1F)c1cccc(F)c1. The highest BCUT2D eigenvalue weighted by molar-refractivity contribution is 5.20. The normalized spacial score (nSPS) is 12.3. The third kappa shape index (κ3) is 4.62. The zero-order valence-corrected chi connectivity index (χ0v) is 12.0. The van der Waals surface area contributed by atoms with Crippen LogP contribution in [0.2, 0.25) is 0 Å². The second-order valence-electron chi connectivity index (χ2n) is 4.75. The maximum atomic E-state index is 13.6. The van der Waals surface area contributed by atoms with Gasteiger partial charge >= 0.3 is 0 Å². The molecule has 0 amide bonds. The van der Waals surface area contributed by atoms with Crippen LogP contribution >= 0.6 is 0 Å². The first-order valence-corrected chi connectivity index (χ1v) is 7.02. The highest BCUT2D eigenvalue weighted by Gasteiger charge is 2.13. The molecular weight excluding hydrogens is 272 g/mol. The van der Waals surface area contributed by atoms with Crippen molar-refractivity contribution >= 4 is 0 Å². The van der Waals surface area contributed by atoms with Crippen molar-refractivity contribution in [2.45, 2.75) is 19.6 Å². The van der Waals surface area contributed by atoms with Crippen molar-refractivity contribution in [3.8, 4) is 0 Å².